The first-order chi connectivity index (χ1) is 11.3. The van der Waals surface area contributed by atoms with E-state index in [1.165, 1.54) is 4.57 Å². The quantitative estimate of drug-likeness (QED) is 0.800. The predicted molar refractivity (Wildman–Crippen MR) is 84.4 cm³/mol. The van der Waals surface area contributed by atoms with Crippen molar-refractivity contribution in [3.05, 3.63) is 58.6 Å². The summed E-state index contributed by atoms with van der Waals surface area (Å²) in [6, 6.07) is 12.0. The Balaban J connectivity index is 2.23. The Labute approximate surface area is 134 Å². The second-order valence-electron chi connectivity index (χ2n) is 5.21. The molecule has 2 aromatic heterocycles. The fraction of sp³-hybridized carbons (Fsp3) is 0.188. The molecule has 0 saturated carbocycles. The number of pyridine rings is 1. The molecule has 0 fully saturated rings. The maximum absolute atomic E-state index is 12.5. The van der Waals surface area contributed by atoms with E-state index in [2.05, 4.69) is 15.3 Å². The van der Waals surface area contributed by atoms with Crippen molar-refractivity contribution in [2.24, 2.45) is 0 Å². The molecule has 0 bridgehead atoms. The van der Waals surface area contributed by atoms with E-state index in [0.717, 1.165) is 0 Å². The molecule has 2 heterocycles. The first kappa shape index (κ1) is 16.0. The third-order valence-corrected chi connectivity index (χ3v) is 3.35. The zero-order chi connectivity index (χ0) is 17.3. The SMILES string of the molecule is Cc1ccc2c(NCC(F)(F)F)nc(=O)n(-c3ccccc3)c2n1. The molecule has 1 N–H and O–H groups in total. The van der Waals surface area contributed by atoms with Gasteiger partial charge < -0.3 is 5.32 Å². The van der Waals surface area contributed by atoms with Crippen LogP contribution in [0.15, 0.2) is 47.3 Å². The molecule has 0 spiro atoms. The van der Waals surface area contributed by atoms with E-state index in [1.807, 2.05) is 0 Å². The molecule has 8 heteroatoms. The highest BCUT2D eigenvalue weighted by atomic mass is 19.4. The number of benzene rings is 1. The molecule has 0 aliphatic heterocycles. The number of nitrogens with one attached hydrogen (secondary N) is 1. The molecule has 1 aromatic carbocycles. The van der Waals surface area contributed by atoms with Crippen molar-refractivity contribution in [3.63, 3.8) is 0 Å². The zero-order valence-corrected chi connectivity index (χ0v) is 12.6. The molecule has 3 aromatic rings. The second-order valence-corrected chi connectivity index (χ2v) is 5.21. The van der Waals surface area contributed by atoms with Gasteiger partial charge in [0.2, 0.25) is 0 Å². The number of halogens is 3. The van der Waals surface area contributed by atoms with E-state index in [1.54, 1.807) is 49.4 Å². The molecule has 0 atom stereocenters. The number of alkyl halides is 3. The number of nitrogens with zero attached hydrogens (tertiary/aromatic N) is 3. The maximum Gasteiger partial charge on any atom is 0.405 e. The van der Waals surface area contributed by atoms with E-state index in [-0.39, 0.29) is 11.5 Å². The van der Waals surface area contributed by atoms with Gasteiger partial charge in [-0.2, -0.15) is 18.2 Å². The summed E-state index contributed by atoms with van der Waals surface area (Å²) in [5.41, 5.74) is 0.738. The Morgan fingerprint density at radius 1 is 1.08 bits per heavy atom. The Bertz CT molecular complexity index is 936. The number of rotatable bonds is 3. The van der Waals surface area contributed by atoms with Gasteiger partial charge in [0.1, 0.15) is 12.4 Å². The Morgan fingerprint density at radius 2 is 1.79 bits per heavy atom. The van der Waals surface area contributed by atoms with Crippen LogP contribution in [0.5, 0.6) is 0 Å². The summed E-state index contributed by atoms with van der Waals surface area (Å²) in [6.07, 6.45) is -4.42. The summed E-state index contributed by atoms with van der Waals surface area (Å²) in [5.74, 6) is -0.132. The van der Waals surface area contributed by atoms with Crippen molar-refractivity contribution in [1.82, 2.24) is 14.5 Å². The molecule has 5 nitrogen and oxygen atoms in total. The summed E-state index contributed by atoms with van der Waals surface area (Å²) in [5, 5.41) is 2.52. The minimum atomic E-state index is -4.42. The maximum atomic E-state index is 12.5. The molecule has 0 radical (unpaired) electrons. The van der Waals surface area contributed by atoms with Crippen molar-refractivity contribution in [1.29, 1.82) is 0 Å². The average Bonchev–Trinajstić information content (AvgIpc) is 2.52. The number of fused-ring (bicyclic) bond motifs is 1. The number of aromatic nitrogens is 3. The summed E-state index contributed by atoms with van der Waals surface area (Å²) >= 11 is 0. The zero-order valence-electron chi connectivity index (χ0n) is 12.6. The first-order valence-corrected chi connectivity index (χ1v) is 7.11. The van der Waals surface area contributed by atoms with Crippen LogP contribution in [0.25, 0.3) is 16.7 Å². The largest absolute Gasteiger partial charge is 0.405 e. The third-order valence-electron chi connectivity index (χ3n) is 3.35. The van der Waals surface area contributed by atoms with Crippen molar-refractivity contribution < 1.29 is 13.2 Å². The van der Waals surface area contributed by atoms with E-state index in [0.29, 0.717) is 16.8 Å². The fourth-order valence-corrected chi connectivity index (χ4v) is 2.32. The summed E-state index contributed by atoms with van der Waals surface area (Å²) in [4.78, 5) is 20.5. The summed E-state index contributed by atoms with van der Waals surface area (Å²) in [7, 11) is 0. The summed E-state index contributed by atoms with van der Waals surface area (Å²) < 4.78 is 38.7. The van der Waals surface area contributed by atoms with Crippen molar-refractivity contribution >= 4 is 16.9 Å². The molecule has 0 aliphatic carbocycles. The molecule has 0 saturated heterocycles. The molecule has 0 aliphatic rings. The molecule has 0 unspecified atom stereocenters. The highest BCUT2D eigenvalue weighted by Gasteiger charge is 2.27. The van der Waals surface area contributed by atoms with Gasteiger partial charge in [0, 0.05) is 5.69 Å². The van der Waals surface area contributed by atoms with Gasteiger partial charge in [0.15, 0.2) is 5.65 Å². The number of hydrogen-bond acceptors (Lipinski definition) is 4. The van der Waals surface area contributed by atoms with Gasteiger partial charge in [0.25, 0.3) is 0 Å². The minimum Gasteiger partial charge on any atom is -0.360 e. The molecular formula is C16H13F3N4O. The van der Waals surface area contributed by atoms with E-state index in [9.17, 15) is 18.0 Å². The first-order valence-electron chi connectivity index (χ1n) is 7.11. The molecular weight excluding hydrogens is 321 g/mol. The molecule has 24 heavy (non-hydrogen) atoms. The van der Waals surface area contributed by atoms with Crippen LogP contribution >= 0.6 is 0 Å². The van der Waals surface area contributed by atoms with E-state index >= 15 is 0 Å². The number of hydrogen-bond donors (Lipinski definition) is 1. The van der Waals surface area contributed by atoms with Crippen LogP contribution in [0.3, 0.4) is 0 Å². The number of anilines is 1. The van der Waals surface area contributed by atoms with Crippen molar-refractivity contribution in [2.45, 2.75) is 13.1 Å². The minimum absolute atomic E-state index is 0.132. The van der Waals surface area contributed by atoms with Crippen molar-refractivity contribution in [3.8, 4) is 5.69 Å². The van der Waals surface area contributed by atoms with Gasteiger partial charge in [-0.15, -0.1) is 0 Å². The van der Waals surface area contributed by atoms with Crippen LogP contribution in [0.4, 0.5) is 19.0 Å². The topological polar surface area (TPSA) is 59.8 Å². The molecule has 0 amide bonds. The fourth-order valence-electron chi connectivity index (χ4n) is 2.32. The van der Waals surface area contributed by atoms with Gasteiger partial charge in [-0.05, 0) is 31.2 Å². The normalized spacial score (nSPS) is 11.7. The van der Waals surface area contributed by atoms with Gasteiger partial charge in [-0.3, -0.25) is 0 Å². The lowest BCUT2D eigenvalue weighted by molar-refractivity contribution is -0.115. The Morgan fingerprint density at radius 3 is 2.46 bits per heavy atom. The lowest BCUT2D eigenvalue weighted by atomic mass is 10.2. The van der Waals surface area contributed by atoms with Crippen LogP contribution < -0.4 is 11.0 Å². The lowest BCUT2D eigenvalue weighted by Gasteiger charge is -2.14. The summed E-state index contributed by atoms with van der Waals surface area (Å²) in [6.45, 7) is 0.459. The standard InChI is InChI=1S/C16H13F3N4O/c1-10-7-8-12-13(20-9-16(17,18)19)22-15(24)23(14(12)21-10)11-5-3-2-4-6-11/h2-8H,9H2,1H3,(H,20,22,24). The van der Waals surface area contributed by atoms with Crippen LogP contribution in [0.2, 0.25) is 0 Å². The van der Waals surface area contributed by atoms with E-state index in [4.69, 9.17) is 0 Å². The van der Waals surface area contributed by atoms with Gasteiger partial charge >= 0.3 is 11.9 Å². The smallest absolute Gasteiger partial charge is 0.360 e. The Hall–Kier alpha value is -2.90. The lowest BCUT2D eigenvalue weighted by Crippen LogP contribution is -2.27. The highest BCUT2D eigenvalue weighted by Crippen LogP contribution is 2.23. The molecule has 124 valence electrons. The van der Waals surface area contributed by atoms with Gasteiger partial charge in [-0.1, -0.05) is 18.2 Å². The monoisotopic (exact) mass is 334 g/mol. The van der Waals surface area contributed by atoms with Crippen molar-refractivity contribution in [2.75, 3.05) is 11.9 Å². The van der Waals surface area contributed by atoms with Crippen LogP contribution in [-0.4, -0.2) is 27.3 Å². The third kappa shape index (κ3) is 3.22. The van der Waals surface area contributed by atoms with Crippen LogP contribution in [0.1, 0.15) is 5.69 Å². The van der Waals surface area contributed by atoms with Gasteiger partial charge in [0.05, 0.1) is 11.1 Å². The Kier molecular flexibility index (Phi) is 3.96. The number of para-hydroxylation sites is 1. The average molecular weight is 334 g/mol. The highest BCUT2D eigenvalue weighted by molar-refractivity contribution is 5.87. The van der Waals surface area contributed by atoms with Crippen LogP contribution in [0, 0.1) is 6.92 Å². The predicted octanol–water partition coefficient (Wildman–Crippen LogP) is 3.06. The second kappa shape index (κ2) is 5.95. The van der Waals surface area contributed by atoms with E-state index < -0.39 is 18.4 Å². The van der Waals surface area contributed by atoms with Gasteiger partial charge in [-0.25, -0.2) is 14.3 Å². The van der Waals surface area contributed by atoms with Crippen LogP contribution in [-0.2, 0) is 0 Å². The number of aryl methyl sites for hydroxylation is 1. The molecule has 3 rings (SSSR count).